The van der Waals surface area contributed by atoms with Crippen LogP contribution in [0.3, 0.4) is 0 Å². The van der Waals surface area contributed by atoms with Gasteiger partial charge in [-0.2, -0.15) is 0 Å². The molecular weight excluding hydrogens is 164 g/mol. The summed E-state index contributed by atoms with van der Waals surface area (Å²) < 4.78 is 4.53. The summed E-state index contributed by atoms with van der Waals surface area (Å²) in [5, 5.41) is 0.539. The number of rotatable bonds is 0. The standard InChI is InChI=1S/C6H10N2O2S/c1-7-3-4-8(5(7)11)6(9)10-2/h3-4H2,1-2H3. The Morgan fingerprint density at radius 3 is 2.64 bits per heavy atom. The predicted octanol–water partition coefficient (Wildman–Crippen LogP) is 0.285. The molecule has 11 heavy (non-hydrogen) atoms. The van der Waals surface area contributed by atoms with Gasteiger partial charge in [-0.25, -0.2) is 4.79 Å². The summed E-state index contributed by atoms with van der Waals surface area (Å²) in [6.45, 7) is 1.41. The molecule has 0 aromatic heterocycles. The Morgan fingerprint density at radius 2 is 2.27 bits per heavy atom. The Bertz CT molecular complexity index is 195. The second-order valence-corrected chi connectivity index (χ2v) is 2.69. The molecule has 0 aromatic rings. The highest BCUT2D eigenvalue weighted by Gasteiger charge is 2.27. The van der Waals surface area contributed by atoms with Gasteiger partial charge in [0.25, 0.3) is 0 Å². The first kappa shape index (κ1) is 8.26. The third-order valence-corrected chi connectivity index (χ3v) is 2.14. The average molecular weight is 174 g/mol. The third kappa shape index (κ3) is 1.42. The minimum absolute atomic E-state index is 0.376. The van der Waals surface area contributed by atoms with Crippen LogP contribution >= 0.6 is 12.2 Å². The van der Waals surface area contributed by atoms with Gasteiger partial charge in [0.15, 0.2) is 5.11 Å². The van der Waals surface area contributed by atoms with Crippen molar-refractivity contribution >= 4 is 23.4 Å². The monoisotopic (exact) mass is 174 g/mol. The van der Waals surface area contributed by atoms with Gasteiger partial charge in [-0.05, 0) is 12.2 Å². The second kappa shape index (κ2) is 3.04. The zero-order chi connectivity index (χ0) is 8.43. The molecule has 0 aromatic carbocycles. The lowest BCUT2D eigenvalue weighted by Gasteiger charge is -2.14. The maximum absolute atomic E-state index is 11.0. The van der Waals surface area contributed by atoms with Crippen LogP contribution in [-0.4, -0.2) is 48.3 Å². The SMILES string of the molecule is COC(=O)N1CCN(C)C1=S. The van der Waals surface area contributed by atoms with Gasteiger partial charge in [-0.3, -0.25) is 4.90 Å². The van der Waals surface area contributed by atoms with Crippen LogP contribution < -0.4 is 0 Å². The van der Waals surface area contributed by atoms with Crippen LogP contribution in [0.15, 0.2) is 0 Å². The normalized spacial score (nSPS) is 17.5. The van der Waals surface area contributed by atoms with Crippen molar-refractivity contribution in [3.05, 3.63) is 0 Å². The van der Waals surface area contributed by atoms with Crippen molar-refractivity contribution in [3.8, 4) is 0 Å². The summed E-state index contributed by atoms with van der Waals surface area (Å²) >= 11 is 4.96. The van der Waals surface area contributed by atoms with Crippen molar-refractivity contribution in [3.63, 3.8) is 0 Å². The van der Waals surface area contributed by atoms with Crippen LogP contribution in [0.5, 0.6) is 0 Å². The molecule has 0 saturated carbocycles. The highest BCUT2D eigenvalue weighted by atomic mass is 32.1. The molecule has 0 radical (unpaired) electrons. The summed E-state index contributed by atoms with van der Waals surface area (Å²) in [5.74, 6) is 0. The fourth-order valence-electron chi connectivity index (χ4n) is 0.927. The van der Waals surface area contributed by atoms with Gasteiger partial charge in [0.05, 0.1) is 7.11 Å². The number of carbonyl (C=O) groups excluding carboxylic acids is 1. The Balaban J connectivity index is 2.62. The Hall–Kier alpha value is -0.840. The molecule has 0 unspecified atom stereocenters. The molecule has 1 aliphatic rings. The number of methoxy groups -OCH3 is 1. The number of thiocarbonyl (C=S) groups is 1. The number of ether oxygens (including phenoxy) is 1. The van der Waals surface area contributed by atoms with Gasteiger partial charge in [-0.1, -0.05) is 0 Å². The summed E-state index contributed by atoms with van der Waals surface area (Å²) in [6.07, 6.45) is -0.376. The summed E-state index contributed by atoms with van der Waals surface area (Å²) in [5.41, 5.74) is 0. The molecule has 0 bridgehead atoms. The summed E-state index contributed by atoms with van der Waals surface area (Å²) in [7, 11) is 3.20. The van der Waals surface area contributed by atoms with E-state index >= 15 is 0 Å². The van der Waals surface area contributed by atoms with Crippen molar-refractivity contribution in [2.75, 3.05) is 27.2 Å². The van der Waals surface area contributed by atoms with Crippen molar-refractivity contribution in [2.45, 2.75) is 0 Å². The second-order valence-electron chi connectivity index (χ2n) is 2.33. The quantitative estimate of drug-likeness (QED) is 0.494. The van der Waals surface area contributed by atoms with Gasteiger partial charge in [-0.15, -0.1) is 0 Å². The number of amides is 1. The predicted molar refractivity (Wildman–Crippen MR) is 44.3 cm³/mol. The first-order valence-electron chi connectivity index (χ1n) is 3.27. The molecule has 1 saturated heterocycles. The third-order valence-electron chi connectivity index (χ3n) is 1.61. The highest BCUT2D eigenvalue weighted by molar-refractivity contribution is 7.80. The maximum Gasteiger partial charge on any atom is 0.415 e. The van der Waals surface area contributed by atoms with E-state index in [4.69, 9.17) is 12.2 Å². The van der Waals surface area contributed by atoms with E-state index < -0.39 is 0 Å². The van der Waals surface area contributed by atoms with E-state index in [1.165, 1.54) is 12.0 Å². The molecule has 1 fully saturated rings. The molecule has 0 N–H and O–H groups in total. The molecule has 1 aliphatic heterocycles. The van der Waals surface area contributed by atoms with Crippen molar-refractivity contribution in [1.82, 2.24) is 9.80 Å². The lowest BCUT2D eigenvalue weighted by Crippen LogP contribution is -2.34. The number of nitrogens with zero attached hydrogens (tertiary/aromatic N) is 2. The van der Waals surface area contributed by atoms with E-state index in [1.54, 1.807) is 0 Å². The number of carbonyl (C=O) groups is 1. The lowest BCUT2D eigenvalue weighted by molar-refractivity contribution is 0.149. The Kier molecular flexibility index (Phi) is 2.28. The molecule has 5 heteroatoms. The fourth-order valence-corrected chi connectivity index (χ4v) is 1.18. The van der Waals surface area contributed by atoms with E-state index in [0.29, 0.717) is 11.7 Å². The van der Waals surface area contributed by atoms with Crippen LogP contribution in [0.25, 0.3) is 0 Å². The van der Waals surface area contributed by atoms with E-state index in [-0.39, 0.29) is 6.09 Å². The Morgan fingerprint density at radius 1 is 1.64 bits per heavy atom. The van der Waals surface area contributed by atoms with E-state index in [0.717, 1.165) is 6.54 Å². The summed E-state index contributed by atoms with van der Waals surface area (Å²) in [6, 6.07) is 0. The first-order valence-corrected chi connectivity index (χ1v) is 3.68. The molecule has 0 atom stereocenters. The minimum atomic E-state index is -0.376. The molecule has 0 spiro atoms. The molecule has 0 aliphatic carbocycles. The zero-order valence-corrected chi connectivity index (χ0v) is 7.35. The maximum atomic E-state index is 11.0. The van der Waals surface area contributed by atoms with Gasteiger partial charge in [0.1, 0.15) is 0 Å². The van der Waals surface area contributed by atoms with Gasteiger partial charge in [0.2, 0.25) is 0 Å². The van der Waals surface area contributed by atoms with E-state index in [2.05, 4.69) is 4.74 Å². The van der Waals surface area contributed by atoms with Gasteiger partial charge < -0.3 is 9.64 Å². The van der Waals surface area contributed by atoms with Gasteiger partial charge in [0, 0.05) is 20.1 Å². The Labute approximate surface area is 70.7 Å². The van der Waals surface area contributed by atoms with Crippen LogP contribution in [0.2, 0.25) is 0 Å². The number of likely N-dealkylation sites (N-methyl/N-ethyl adjacent to an activating group) is 1. The molecule has 1 amide bonds. The topological polar surface area (TPSA) is 32.8 Å². The number of hydrogen-bond donors (Lipinski definition) is 0. The van der Waals surface area contributed by atoms with Crippen LogP contribution in [-0.2, 0) is 4.74 Å². The molecular formula is C6H10N2O2S. The molecule has 1 heterocycles. The van der Waals surface area contributed by atoms with Crippen LogP contribution in [0.4, 0.5) is 4.79 Å². The smallest absolute Gasteiger partial charge is 0.415 e. The molecule has 62 valence electrons. The van der Waals surface area contributed by atoms with E-state index in [9.17, 15) is 4.79 Å². The largest absolute Gasteiger partial charge is 0.452 e. The lowest BCUT2D eigenvalue weighted by atomic mass is 10.6. The molecule has 1 rings (SSSR count). The first-order chi connectivity index (χ1) is 5.16. The molecule has 4 nitrogen and oxygen atoms in total. The average Bonchev–Trinajstić information content (AvgIpc) is 2.32. The van der Waals surface area contributed by atoms with Crippen LogP contribution in [0.1, 0.15) is 0 Å². The van der Waals surface area contributed by atoms with Gasteiger partial charge >= 0.3 is 6.09 Å². The van der Waals surface area contributed by atoms with Crippen molar-refractivity contribution in [2.24, 2.45) is 0 Å². The van der Waals surface area contributed by atoms with Crippen molar-refractivity contribution < 1.29 is 9.53 Å². The summed E-state index contributed by atoms with van der Waals surface area (Å²) in [4.78, 5) is 14.2. The zero-order valence-electron chi connectivity index (χ0n) is 6.53. The highest BCUT2D eigenvalue weighted by Crippen LogP contribution is 2.07. The van der Waals surface area contributed by atoms with Crippen LogP contribution in [0, 0.1) is 0 Å². The fraction of sp³-hybridized carbons (Fsp3) is 0.667. The van der Waals surface area contributed by atoms with E-state index in [1.807, 2.05) is 11.9 Å². The minimum Gasteiger partial charge on any atom is -0.452 e. The van der Waals surface area contributed by atoms with Crippen molar-refractivity contribution in [1.29, 1.82) is 0 Å². The number of hydrogen-bond acceptors (Lipinski definition) is 3.